The van der Waals surface area contributed by atoms with Crippen LogP contribution in [-0.4, -0.2) is 44.9 Å². The molecule has 0 saturated carbocycles. The van der Waals surface area contributed by atoms with Crippen LogP contribution in [0.25, 0.3) is 0 Å². The van der Waals surface area contributed by atoms with Crippen LogP contribution in [0.2, 0.25) is 5.02 Å². The summed E-state index contributed by atoms with van der Waals surface area (Å²) >= 11 is 6.93. The fourth-order valence-electron chi connectivity index (χ4n) is 3.10. The number of halogens is 1. The second-order valence-electron chi connectivity index (χ2n) is 6.56. The molecule has 152 valence electrons. The molecule has 1 atom stereocenters. The Balaban J connectivity index is 1.53. The van der Waals surface area contributed by atoms with Crippen molar-refractivity contribution in [2.45, 2.75) is 23.9 Å². The lowest BCUT2D eigenvalue weighted by Gasteiger charge is -2.20. The fraction of sp³-hybridized carbons (Fsp3) is 0.294. The third kappa shape index (κ3) is 4.04. The van der Waals surface area contributed by atoms with E-state index in [2.05, 4.69) is 20.5 Å². The number of aryl methyl sites for hydroxylation is 1. The molecule has 1 saturated heterocycles. The summed E-state index contributed by atoms with van der Waals surface area (Å²) in [5.41, 5.74) is 0.580. The second-order valence-corrected chi connectivity index (χ2v) is 9.84. The largest absolute Gasteiger partial charge is 0.339 e. The molecule has 1 aromatic carbocycles. The van der Waals surface area contributed by atoms with Crippen molar-refractivity contribution < 1.29 is 13.2 Å². The molecule has 12 heteroatoms. The van der Waals surface area contributed by atoms with Gasteiger partial charge in [-0.25, -0.2) is 13.4 Å². The van der Waals surface area contributed by atoms with Gasteiger partial charge in [-0.1, -0.05) is 22.9 Å². The number of hydrogen-bond donors (Lipinski definition) is 1. The van der Waals surface area contributed by atoms with E-state index in [0.29, 0.717) is 35.1 Å². The summed E-state index contributed by atoms with van der Waals surface area (Å²) in [6.07, 6.45) is 4.22. The van der Waals surface area contributed by atoms with Gasteiger partial charge in [0, 0.05) is 30.5 Å². The molecule has 0 aliphatic carbocycles. The van der Waals surface area contributed by atoms with Crippen molar-refractivity contribution in [2.24, 2.45) is 7.05 Å². The van der Waals surface area contributed by atoms with E-state index in [9.17, 15) is 13.2 Å². The van der Waals surface area contributed by atoms with Gasteiger partial charge in [0.15, 0.2) is 5.03 Å². The highest BCUT2D eigenvalue weighted by Crippen LogP contribution is 2.37. The van der Waals surface area contributed by atoms with Gasteiger partial charge in [0.25, 0.3) is 15.9 Å². The van der Waals surface area contributed by atoms with Gasteiger partial charge in [0.1, 0.15) is 5.01 Å². The van der Waals surface area contributed by atoms with Crippen LogP contribution >= 0.6 is 22.9 Å². The lowest BCUT2D eigenvalue weighted by Crippen LogP contribution is -2.31. The molecule has 1 amide bonds. The highest BCUT2D eigenvalue weighted by atomic mass is 35.5. The lowest BCUT2D eigenvalue weighted by atomic mass is 10.2. The molecule has 0 unspecified atom stereocenters. The van der Waals surface area contributed by atoms with Gasteiger partial charge in [-0.05, 0) is 37.1 Å². The zero-order valence-electron chi connectivity index (χ0n) is 15.3. The maximum Gasteiger partial charge on any atom is 0.286 e. The predicted octanol–water partition coefficient (Wildman–Crippen LogP) is 2.70. The molecular formula is C17H17ClN6O3S2. The van der Waals surface area contributed by atoms with E-state index >= 15 is 0 Å². The van der Waals surface area contributed by atoms with E-state index in [1.54, 1.807) is 35.9 Å². The molecule has 1 fully saturated rings. The van der Waals surface area contributed by atoms with Crippen LogP contribution in [0, 0.1) is 0 Å². The summed E-state index contributed by atoms with van der Waals surface area (Å²) < 4.78 is 28.9. The number of carbonyl (C=O) groups excluding carboxylic acids is 1. The molecule has 1 aliphatic heterocycles. The summed E-state index contributed by atoms with van der Waals surface area (Å²) in [5.74, 6) is -0.409. The molecule has 1 N–H and O–H groups in total. The van der Waals surface area contributed by atoms with Gasteiger partial charge in [0.2, 0.25) is 5.01 Å². The van der Waals surface area contributed by atoms with Gasteiger partial charge in [0.05, 0.1) is 12.4 Å². The Morgan fingerprint density at radius 3 is 2.72 bits per heavy atom. The number of rotatable bonds is 5. The van der Waals surface area contributed by atoms with Crippen LogP contribution in [0.1, 0.15) is 33.7 Å². The first-order valence-electron chi connectivity index (χ1n) is 8.75. The third-order valence-corrected chi connectivity index (χ3v) is 7.55. The number of hydrogen-bond acceptors (Lipinski definition) is 7. The molecule has 9 nitrogen and oxygen atoms in total. The van der Waals surface area contributed by atoms with Crippen molar-refractivity contribution in [3.05, 3.63) is 51.8 Å². The maximum absolute atomic E-state index is 13.0. The summed E-state index contributed by atoms with van der Waals surface area (Å²) in [7, 11) is -2.04. The first-order valence-corrected chi connectivity index (χ1v) is 11.4. The highest BCUT2D eigenvalue weighted by molar-refractivity contribution is 7.89. The van der Waals surface area contributed by atoms with Crippen LogP contribution in [0.5, 0.6) is 0 Å². The number of aromatic nitrogens is 4. The average Bonchev–Trinajstić information content (AvgIpc) is 3.43. The number of sulfonamides is 1. The van der Waals surface area contributed by atoms with Crippen molar-refractivity contribution in [3.8, 4) is 0 Å². The predicted molar refractivity (Wildman–Crippen MR) is 108 cm³/mol. The zero-order valence-corrected chi connectivity index (χ0v) is 17.7. The van der Waals surface area contributed by atoms with E-state index in [4.69, 9.17) is 11.6 Å². The minimum Gasteiger partial charge on any atom is -0.339 e. The quantitative estimate of drug-likeness (QED) is 0.637. The number of amides is 1. The maximum atomic E-state index is 13.0. The summed E-state index contributed by atoms with van der Waals surface area (Å²) in [5, 5.41) is 12.0. The van der Waals surface area contributed by atoms with Crippen molar-refractivity contribution in [3.63, 3.8) is 0 Å². The van der Waals surface area contributed by atoms with Gasteiger partial charge in [-0.3, -0.25) is 4.79 Å². The van der Waals surface area contributed by atoms with E-state index < -0.39 is 22.0 Å². The molecule has 3 aromatic rings. The number of anilines is 1. The van der Waals surface area contributed by atoms with Crippen LogP contribution in [0.3, 0.4) is 0 Å². The fourth-order valence-corrected chi connectivity index (χ4v) is 5.80. The Hall–Kier alpha value is -2.34. The smallest absolute Gasteiger partial charge is 0.286 e. The van der Waals surface area contributed by atoms with Crippen LogP contribution in [-0.2, 0) is 17.1 Å². The Bertz CT molecular complexity index is 1140. The van der Waals surface area contributed by atoms with Gasteiger partial charge in [-0.2, -0.15) is 4.31 Å². The third-order valence-electron chi connectivity index (χ3n) is 4.48. The van der Waals surface area contributed by atoms with E-state index in [1.165, 1.54) is 16.8 Å². The van der Waals surface area contributed by atoms with Crippen molar-refractivity contribution in [1.29, 1.82) is 0 Å². The first kappa shape index (κ1) is 20.0. The standard InChI is InChI=1S/C17H17ClN6O3S2/c1-23-9-14(19-10-23)29(26,27)24-8-2-3-13(24)16-21-22-17(28-16)15(25)20-12-6-4-11(18)5-7-12/h4-7,9-10,13H,2-3,8H2,1H3,(H,20,25)/t13-/m1/s1. The second kappa shape index (κ2) is 7.82. The number of carbonyl (C=O) groups is 1. The van der Waals surface area contributed by atoms with E-state index in [1.807, 2.05) is 0 Å². The Labute approximate surface area is 176 Å². The number of nitrogens with zero attached hydrogens (tertiary/aromatic N) is 5. The zero-order chi connectivity index (χ0) is 20.6. The highest BCUT2D eigenvalue weighted by Gasteiger charge is 2.39. The molecule has 0 spiro atoms. The van der Waals surface area contributed by atoms with E-state index in [-0.39, 0.29) is 10.0 Å². The summed E-state index contributed by atoms with van der Waals surface area (Å²) in [4.78, 5) is 16.4. The molecule has 3 heterocycles. The lowest BCUT2D eigenvalue weighted by molar-refractivity contribution is 0.102. The first-order chi connectivity index (χ1) is 13.8. The number of benzene rings is 1. The Morgan fingerprint density at radius 2 is 2.03 bits per heavy atom. The summed E-state index contributed by atoms with van der Waals surface area (Å²) in [6, 6.07) is 6.24. The van der Waals surface area contributed by atoms with E-state index in [0.717, 1.165) is 11.3 Å². The molecule has 4 rings (SSSR count). The van der Waals surface area contributed by atoms with Gasteiger partial charge < -0.3 is 9.88 Å². The number of nitrogens with one attached hydrogen (secondary N) is 1. The minimum absolute atomic E-state index is 0.00267. The minimum atomic E-state index is -3.75. The van der Waals surface area contributed by atoms with Crippen molar-refractivity contribution >= 4 is 44.6 Å². The van der Waals surface area contributed by atoms with Crippen LogP contribution < -0.4 is 5.32 Å². The molecular weight excluding hydrogens is 436 g/mol. The van der Waals surface area contributed by atoms with Gasteiger partial charge in [-0.15, -0.1) is 10.2 Å². The topological polar surface area (TPSA) is 110 Å². The number of imidazole rings is 1. The monoisotopic (exact) mass is 452 g/mol. The molecule has 0 bridgehead atoms. The Morgan fingerprint density at radius 1 is 1.28 bits per heavy atom. The average molecular weight is 453 g/mol. The summed E-state index contributed by atoms with van der Waals surface area (Å²) in [6.45, 7) is 0.370. The van der Waals surface area contributed by atoms with Crippen molar-refractivity contribution in [2.75, 3.05) is 11.9 Å². The normalized spacial score (nSPS) is 17.5. The van der Waals surface area contributed by atoms with Gasteiger partial charge >= 0.3 is 0 Å². The van der Waals surface area contributed by atoms with Crippen LogP contribution in [0.15, 0.2) is 41.8 Å². The SMILES string of the molecule is Cn1cnc(S(=O)(=O)N2CCC[C@@H]2c2nnc(C(=O)Nc3ccc(Cl)cc3)s2)c1. The molecule has 2 aromatic heterocycles. The molecule has 29 heavy (non-hydrogen) atoms. The Kier molecular flexibility index (Phi) is 5.38. The van der Waals surface area contributed by atoms with Crippen LogP contribution in [0.4, 0.5) is 5.69 Å². The van der Waals surface area contributed by atoms with Crippen molar-refractivity contribution in [1.82, 2.24) is 24.1 Å². The molecule has 1 aliphatic rings. The molecule has 0 radical (unpaired) electrons.